The van der Waals surface area contributed by atoms with E-state index in [4.69, 9.17) is 9.57 Å². The zero-order valence-corrected chi connectivity index (χ0v) is 18.0. The molecular formula is C23H29N3O3. The molecule has 1 aliphatic heterocycles. The second-order valence-corrected chi connectivity index (χ2v) is 7.53. The summed E-state index contributed by atoms with van der Waals surface area (Å²) >= 11 is 0. The van der Waals surface area contributed by atoms with Gasteiger partial charge < -0.3 is 9.57 Å². The lowest BCUT2D eigenvalue weighted by Gasteiger charge is -2.33. The number of benzene rings is 2. The van der Waals surface area contributed by atoms with Gasteiger partial charge in [-0.25, -0.2) is 5.01 Å². The fourth-order valence-corrected chi connectivity index (χ4v) is 3.62. The van der Waals surface area contributed by atoms with Gasteiger partial charge in [0.1, 0.15) is 5.75 Å². The van der Waals surface area contributed by atoms with Gasteiger partial charge in [-0.2, -0.15) is 0 Å². The summed E-state index contributed by atoms with van der Waals surface area (Å²) in [7, 11) is 1.61. The Morgan fingerprint density at radius 3 is 2.48 bits per heavy atom. The molecular weight excluding hydrogens is 366 g/mol. The largest absolute Gasteiger partial charge is 0.496 e. The fourth-order valence-electron chi connectivity index (χ4n) is 3.62. The maximum Gasteiger partial charge on any atom is 0.270 e. The molecule has 0 fully saturated rings. The zero-order chi connectivity index (χ0) is 21.2. The van der Waals surface area contributed by atoms with Crippen molar-refractivity contribution in [3.63, 3.8) is 0 Å². The molecule has 6 heteroatoms. The number of methoxy groups -OCH3 is 1. The van der Waals surface area contributed by atoms with E-state index in [0.29, 0.717) is 30.0 Å². The van der Waals surface area contributed by atoms with Gasteiger partial charge in [-0.1, -0.05) is 42.3 Å². The third-order valence-electron chi connectivity index (χ3n) is 5.31. The highest BCUT2D eigenvalue weighted by atomic mass is 16.7. The van der Waals surface area contributed by atoms with Crippen molar-refractivity contribution in [1.82, 2.24) is 10.4 Å². The van der Waals surface area contributed by atoms with E-state index in [2.05, 4.69) is 16.6 Å². The highest BCUT2D eigenvalue weighted by Crippen LogP contribution is 2.30. The number of hydrogen-bond donors (Lipinski definition) is 1. The van der Waals surface area contributed by atoms with E-state index in [1.165, 1.54) is 0 Å². The number of hydrazine groups is 1. The van der Waals surface area contributed by atoms with Gasteiger partial charge >= 0.3 is 0 Å². The standard InChI is InChI=1S/C23H29N3O3/c1-7-18-19(10-9-11-20(18)28-6)22(27)24-26-21(25-29-23(26,5)8-2)17-13-15(3)12-16(4)14-17/h9-14H,7-8H2,1-6H3,(H,24,27). The Kier molecular flexibility index (Phi) is 5.82. The van der Waals surface area contributed by atoms with Crippen LogP contribution in [-0.4, -0.2) is 29.6 Å². The Hall–Kier alpha value is -3.02. The lowest BCUT2D eigenvalue weighted by atomic mass is 10.0. The summed E-state index contributed by atoms with van der Waals surface area (Å²) in [6.45, 7) is 10.0. The molecule has 0 aromatic heterocycles. The number of rotatable bonds is 6. The molecule has 6 nitrogen and oxygen atoms in total. The van der Waals surface area contributed by atoms with Gasteiger partial charge in [0.15, 0.2) is 5.84 Å². The molecule has 3 rings (SSSR count). The number of ether oxygens (including phenoxy) is 1. The molecule has 0 bridgehead atoms. The molecule has 29 heavy (non-hydrogen) atoms. The first-order valence-electron chi connectivity index (χ1n) is 9.95. The van der Waals surface area contributed by atoms with Crippen molar-refractivity contribution >= 4 is 11.7 Å². The molecule has 0 spiro atoms. The minimum Gasteiger partial charge on any atom is -0.496 e. The topological polar surface area (TPSA) is 63.2 Å². The van der Waals surface area contributed by atoms with Crippen molar-refractivity contribution in [3.8, 4) is 5.75 Å². The molecule has 0 radical (unpaired) electrons. The molecule has 1 atom stereocenters. The van der Waals surface area contributed by atoms with Crippen LogP contribution in [0.4, 0.5) is 0 Å². The lowest BCUT2D eigenvalue weighted by molar-refractivity contribution is -0.0993. The molecule has 1 unspecified atom stereocenters. The number of hydrogen-bond acceptors (Lipinski definition) is 5. The summed E-state index contributed by atoms with van der Waals surface area (Å²) in [5.41, 5.74) is 6.87. The normalized spacial score (nSPS) is 18.3. The van der Waals surface area contributed by atoms with Crippen LogP contribution in [0.15, 0.2) is 41.6 Å². The first-order valence-corrected chi connectivity index (χ1v) is 9.95. The van der Waals surface area contributed by atoms with Crippen LogP contribution in [0.3, 0.4) is 0 Å². The maximum atomic E-state index is 13.2. The van der Waals surface area contributed by atoms with Gasteiger partial charge in [-0.05, 0) is 51.5 Å². The minimum absolute atomic E-state index is 0.219. The lowest BCUT2D eigenvalue weighted by Crippen LogP contribution is -2.56. The molecule has 1 amide bonds. The maximum absolute atomic E-state index is 13.2. The van der Waals surface area contributed by atoms with E-state index < -0.39 is 5.72 Å². The molecule has 0 aliphatic carbocycles. The summed E-state index contributed by atoms with van der Waals surface area (Å²) in [6.07, 6.45) is 1.33. The van der Waals surface area contributed by atoms with Crippen LogP contribution >= 0.6 is 0 Å². The van der Waals surface area contributed by atoms with Crippen molar-refractivity contribution in [2.75, 3.05) is 7.11 Å². The second kappa shape index (κ2) is 8.15. The quantitative estimate of drug-likeness (QED) is 0.790. The van der Waals surface area contributed by atoms with E-state index in [1.807, 2.05) is 65.0 Å². The van der Waals surface area contributed by atoms with Crippen LogP contribution in [-0.2, 0) is 11.3 Å². The molecule has 1 heterocycles. The number of carbonyl (C=O) groups excluding carboxylic acids is 1. The average molecular weight is 396 g/mol. The van der Waals surface area contributed by atoms with E-state index in [0.717, 1.165) is 22.3 Å². The predicted octanol–water partition coefficient (Wildman–Crippen LogP) is 4.34. The van der Waals surface area contributed by atoms with Gasteiger partial charge in [-0.15, -0.1) is 0 Å². The van der Waals surface area contributed by atoms with E-state index in [-0.39, 0.29) is 5.91 Å². The monoisotopic (exact) mass is 395 g/mol. The average Bonchev–Trinajstić information content (AvgIpc) is 3.03. The molecule has 2 aromatic rings. The Balaban J connectivity index is 1.98. The van der Waals surface area contributed by atoms with Crippen LogP contribution < -0.4 is 10.2 Å². The number of amidine groups is 1. The van der Waals surface area contributed by atoms with Crippen LogP contribution in [0, 0.1) is 13.8 Å². The molecule has 0 saturated carbocycles. The molecule has 0 saturated heterocycles. The Bertz CT molecular complexity index is 934. The predicted molar refractivity (Wildman–Crippen MR) is 114 cm³/mol. The molecule has 1 aliphatic rings. The molecule has 154 valence electrons. The van der Waals surface area contributed by atoms with Gasteiger partial charge in [0.25, 0.3) is 5.91 Å². The van der Waals surface area contributed by atoms with Crippen LogP contribution in [0.1, 0.15) is 59.8 Å². The first-order chi connectivity index (χ1) is 13.8. The molecule has 1 N–H and O–H groups in total. The van der Waals surface area contributed by atoms with Crippen LogP contribution in [0.25, 0.3) is 0 Å². The number of oxime groups is 1. The van der Waals surface area contributed by atoms with Crippen molar-refractivity contribution < 1.29 is 14.4 Å². The third-order valence-corrected chi connectivity index (χ3v) is 5.31. The Morgan fingerprint density at radius 1 is 1.21 bits per heavy atom. The number of carbonyl (C=O) groups is 1. The minimum atomic E-state index is -0.770. The number of nitrogens with one attached hydrogen (secondary N) is 1. The van der Waals surface area contributed by atoms with Gasteiger partial charge in [0.05, 0.1) is 7.11 Å². The van der Waals surface area contributed by atoms with E-state index in [9.17, 15) is 4.79 Å². The Morgan fingerprint density at radius 2 is 1.90 bits per heavy atom. The number of aryl methyl sites for hydroxylation is 2. The van der Waals surface area contributed by atoms with E-state index in [1.54, 1.807) is 12.1 Å². The van der Waals surface area contributed by atoms with Crippen molar-refractivity contribution in [1.29, 1.82) is 0 Å². The smallest absolute Gasteiger partial charge is 0.270 e. The highest BCUT2D eigenvalue weighted by Gasteiger charge is 2.42. The first kappa shape index (κ1) is 20.7. The summed E-state index contributed by atoms with van der Waals surface area (Å²) in [5, 5.41) is 6.06. The van der Waals surface area contributed by atoms with Crippen molar-refractivity contribution in [3.05, 3.63) is 64.2 Å². The van der Waals surface area contributed by atoms with Crippen molar-refractivity contribution in [2.45, 2.75) is 53.2 Å². The summed E-state index contributed by atoms with van der Waals surface area (Å²) in [5.74, 6) is 1.08. The van der Waals surface area contributed by atoms with Crippen LogP contribution in [0.2, 0.25) is 0 Å². The number of amides is 1. The van der Waals surface area contributed by atoms with Gasteiger partial charge in [0, 0.05) is 23.1 Å². The highest BCUT2D eigenvalue weighted by molar-refractivity contribution is 6.03. The third kappa shape index (κ3) is 3.92. The summed E-state index contributed by atoms with van der Waals surface area (Å²) in [4.78, 5) is 19.0. The SMILES string of the molecule is CCc1c(OC)cccc1C(=O)NN1C(c2cc(C)cc(C)c2)=NOC1(C)CC. The van der Waals surface area contributed by atoms with Crippen molar-refractivity contribution in [2.24, 2.45) is 5.16 Å². The zero-order valence-electron chi connectivity index (χ0n) is 18.0. The summed E-state index contributed by atoms with van der Waals surface area (Å²) in [6, 6.07) is 11.7. The molecule has 2 aromatic carbocycles. The Labute approximate surface area is 172 Å². The summed E-state index contributed by atoms with van der Waals surface area (Å²) < 4.78 is 5.43. The fraction of sp³-hybridized carbons (Fsp3) is 0.391. The van der Waals surface area contributed by atoms with Gasteiger partial charge in [0.2, 0.25) is 5.72 Å². The van der Waals surface area contributed by atoms with Crippen LogP contribution in [0.5, 0.6) is 5.75 Å². The number of nitrogens with zero attached hydrogens (tertiary/aromatic N) is 2. The van der Waals surface area contributed by atoms with E-state index >= 15 is 0 Å². The van der Waals surface area contributed by atoms with Gasteiger partial charge in [-0.3, -0.25) is 10.2 Å². The second-order valence-electron chi connectivity index (χ2n) is 7.53.